The molecule has 0 saturated carbocycles. The normalized spacial score (nSPS) is 11.0. The minimum atomic E-state index is -0.931. The van der Waals surface area contributed by atoms with Crippen molar-refractivity contribution in [3.63, 3.8) is 0 Å². The zero-order valence-corrected chi connectivity index (χ0v) is 20.3. The maximum atomic E-state index is 13.4. The van der Waals surface area contributed by atoms with E-state index >= 15 is 0 Å². The van der Waals surface area contributed by atoms with Crippen LogP contribution in [-0.2, 0) is 16.0 Å². The summed E-state index contributed by atoms with van der Waals surface area (Å²) in [6, 6.07) is 10.2. The molecule has 12 heteroatoms. The minimum absolute atomic E-state index is 0.0578. The quantitative estimate of drug-likeness (QED) is 0.197. The molecule has 1 heterocycles. The van der Waals surface area contributed by atoms with Crippen molar-refractivity contribution in [2.45, 2.75) is 32.9 Å². The number of methoxy groups -OCH3 is 2. The van der Waals surface area contributed by atoms with Gasteiger partial charge in [0.15, 0.2) is 11.4 Å². The lowest BCUT2D eigenvalue weighted by atomic mass is 10.0. The summed E-state index contributed by atoms with van der Waals surface area (Å²) in [5.41, 5.74) is -2.02. The number of hydrogen-bond acceptors (Lipinski definition) is 10. The zero-order chi connectivity index (χ0) is 26.6. The second-order valence-electron chi connectivity index (χ2n) is 8.60. The Hall–Kier alpha value is -4.61. The summed E-state index contributed by atoms with van der Waals surface area (Å²) in [4.78, 5) is 49.2. The van der Waals surface area contributed by atoms with Gasteiger partial charge in [-0.15, -0.1) is 5.10 Å². The smallest absolute Gasteiger partial charge is 0.359 e. The molecule has 0 amide bonds. The van der Waals surface area contributed by atoms with E-state index in [0.29, 0.717) is 5.75 Å². The van der Waals surface area contributed by atoms with Crippen LogP contribution in [0.25, 0.3) is 0 Å². The molecule has 3 aromatic rings. The number of hydrogen-bond donors (Lipinski definition) is 0. The van der Waals surface area contributed by atoms with Crippen LogP contribution in [0, 0.1) is 10.1 Å². The molecule has 0 radical (unpaired) electrons. The highest BCUT2D eigenvalue weighted by molar-refractivity contribution is 6.15. The lowest BCUT2D eigenvalue weighted by Crippen LogP contribution is -2.27. The highest BCUT2D eigenvalue weighted by Gasteiger charge is 2.33. The third kappa shape index (κ3) is 5.71. The number of ether oxygens (including phenoxy) is 3. The molecule has 0 N–H and O–H groups in total. The third-order valence-corrected chi connectivity index (χ3v) is 4.89. The van der Waals surface area contributed by atoms with Crippen molar-refractivity contribution in [1.29, 1.82) is 0 Å². The van der Waals surface area contributed by atoms with E-state index in [9.17, 15) is 24.5 Å². The molecule has 188 valence electrons. The molecular formula is C24H24N4O8. The number of aromatic nitrogens is 3. The molecule has 2 aromatic carbocycles. The van der Waals surface area contributed by atoms with E-state index in [0.717, 1.165) is 24.8 Å². The Morgan fingerprint density at radius 3 is 2.25 bits per heavy atom. The van der Waals surface area contributed by atoms with E-state index in [1.165, 1.54) is 17.9 Å². The number of carbonyl (C=O) groups is 3. The van der Waals surface area contributed by atoms with Gasteiger partial charge in [-0.1, -0.05) is 17.3 Å². The number of benzene rings is 2. The molecule has 1 aromatic heterocycles. The van der Waals surface area contributed by atoms with Crippen molar-refractivity contribution in [3.8, 4) is 5.75 Å². The van der Waals surface area contributed by atoms with Crippen LogP contribution in [0.2, 0.25) is 0 Å². The molecule has 12 nitrogen and oxygen atoms in total. The molecule has 0 unspecified atom stereocenters. The Morgan fingerprint density at radius 1 is 1.03 bits per heavy atom. The number of esters is 2. The average molecular weight is 496 g/mol. The third-order valence-electron chi connectivity index (χ3n) is 4.89. The summed E-state index contributed by atoms with van der Waals surface area (Å²) in [5.74, 6) is -1.99. The Balaban J connectivity index is 2.10. The second-order valence-corrected chi connectivity index (χ2v) is 8.60. The molecule has 0 atom stereocenters. The van der Waals surface area contributed by atoms with Crippen molar-refractivity contribution in [2.24, 2.45) is 0 Å². The fraction of sp³-hybridized carbons (Fsp3) is 0.292. The molecule has 0 aliphatic rings. The Morgan fingerprint density at radius 2 is 1.69 bits per heavy atom. The van der Waals surface area contributed by atoms with Crippen LogP contribution in [0.3, 0.4) is 0 Å². The molecule has 0 bridgehead atoms. The summed E-state index contributed by atoms with van der Waals surface area (Å²) in [6.45, 7) is 5.02. The van der Waals surface area contributed by atoms with Crippen molar-refractivity contribution in [2.75, 3.05) is 14.2 Å². The SMILES string of the molecule is COC(=O)c1ccc(C(=O)c2nnn(Cc3ccc(OC)cc3)c2C(=O)OC(C)(C)C)c([N+](=O)[O-])c1. The van der Waals surface area contributed by atoms with E-state index in [1.807, 2.05) is 0 Å². The van der Waals surface area contributed by atoms with E-state index in [-0.39, 0.29) is 23.4 Å². The van der Waals surface area contributed by atoms with Gasteiger partial charge in [-0.3, -0.25) is 14.9 Å². The Labute approximate surface area is 205 Å². The highest BCUT2D eigenvalue weighted by Crippen LogP contribution is 2.26. The molecule has 0 aliphatic carbocycles. The van der Waals surface area contributed by atoms with Crippen molar-refractivity contribution in [1.82, 2.24) is 15.0 Å². The van der Waals surface area contributed by atoms with Crippen LogP contribution < -0.4 is 4.74 Å². The summed E-state index contributed by atoms with van der Waals surface area (Å²) >= 11 is 0. The van der Waals surface area contributed by atoms with E-state index in [2.05, 4.69) is 15.0 Å². The van der Waals surface area contributed by atoms with Crippen LogP contribution >= 0.6 is 0 Å². The standard InChI is InChI=1S/C24H24N4O8/c1-24(2,3)36-23(31)20-19(25-26-27(20)13-14-6-9-16(34-4)10-7-14)21(29)17-11-8-15(22(30)35-5)12-18(17)28(32)33/h6-12H,13H2,1-5H3. The average Bonchev–Trinajstić information content (AvgIpc) is 3.25. The van der Waals surface area contributed by atoms with Gasteiger partial charge in [-0.05, 0) is 50.6 Å². The van der Waals surface area contributed by atoms with Crippen LogP contribution in [0.5, 0.6) is 5.75 Å². The molecule has 0 aliphatic heterocycles. The van der Waals surface area contributed by atoms with Crippen molar-refractivity contribution in [3.05, 3.63) is 80.7 Å². The van der Waals surface area contributed by atoms with E-state index in [1.54, 1.807) is 45.0 Å². The van der Waals surface area contributed by atoms with Crippen molar-refractivity contribution >= 4 is 23.4 Å². The van der Waals surface area contributed by atoms with Gasteiger partial charge < -0.3 is 14.2 Å². The number of nitro benzene ring substituents is 1. The summed E-state index contributed by atoms with van der Waals surface area (Å²) in [6.07, 6.45) is 0. The lowest BCUT2D eigenvalue weighted by molar-refractivity contribution is -0.385. The summed E-state index contributed by atoms with van der Waals surface area (Å²) < 4.78 is 16.4. The van der Waals surface area contributed by atoms with Gasteiger partial charge in [0, 0.05) is 6.07 Å². The fourth-order valence-corrected chi connectivity index (χ4v) is 3.26. The monoisotopic (exact) mass is 496 g/mol. The maximum absolute atomic E-state index is 13.4. The maximum Gasteiger partial charge on any atom is 0.359 e. The van der Waals surface area contributed by atoms with Gasteiger partial charge in [0.2, 0.25) is 5.78 Å². The first-order valence-electron chi connectivity index (χ1n) is 10.7. The van der Waals surface area contributed by atoms with E-state index in [4.69, 9.17) is 9.47 Å². The topological polar surface area (TPSA) is 153 Å². The zero-order valence-electron chi connectivity index (χ0n) is 20.3. The molecule has 0 fully saturated rings. The second kappa shape index (κ2) is 10.3. The van der Waals surface area contributed by atoms with Crippen molar-refractivity contribution < 1.29 is 33.5 Å². The van der Waals surface area contributed by atoms with Crippen LogP contribution in [0.4, 0.5) is 5.69 Å². The predicted octanol–water partition coefficient (Wildman–Crippen LogP) is 3.22. The molecule has 36 heavy (non-hydrogen) atoms. The lowest BCUT2D eigenvalue weighted by Gasteiger charge is -2.20. The van der Waals surface area contributed by atoms with Gasteiger partial charge in [0.1, 0.15) is 16.9 Å². The number of nitrogens with zero attached hydrogens (tertiary/aromatic N) is 4. The van der Waals surface area contributed by atoms with Gasteiger partial charge >= 0.3 is 11.9 Å². The van der Waals surface area contributed by atoms with Crippen LogP contribution in [0.1, 0.15) is 63.2 Å². The first-order chi connectivity index (χ1) is 16.9. The molecule has 0 saturated heterocycles. The first kappa shape index (κ1) is 26.0. The van der Waals surface area contributed by atoms with E-state index < -0.39 is 39.6 Å². The number of ketones is 1. The highest BCUT2D eigenvalue weighted by atomic mass is 16.6. The van der Waals surface area contributed by atoms with Crippen LogP contribution in [-0.4, -0.2) is 57.5 Å². The molecule has 3 rings (SSSR count). The minimum Gasteiger partial charge on any atom is -0.497 e. The van der Waals surface area contributed by atoms with Crippen LogP contribution in [0.15, 0.2) is 42.5 Å². The Bertz CT molecular complexity index is 1320. The first-order valence-corrected chi connectivity index (χ1v) is 10.7. The Kier molecular flexibility index (Phi) is 7.47. The number of rotatable bonds is 8. The molecular weight excluding hydrogens is 472 g/mol. The number of carbonyl (C=O) groups excluding carboxylic acids is 3. The largest absolute Gasteiger partial charge is 0.497 e. The predicted molar refractivity (Wildman–Crippen MR) is 125 cm³/mol. The molecule has 0 spiro atoms. The van der Waals surface area contributed by atoms with Gasteiger partial charge in [0.05, 0.1) is 31.3 Å². The fourth-order valence-electron chi connectivity index (χ4n) is 3.26. The summed E-state index contributed by atoms with van der Waals surface area (Å²) in [5, 5.41) is 19.5. The van der Waals surface area contributed by atoms with Gasteiger partial charge in [-0.2, -0.15) is 0 Å². The number of nitro groups is 1. The van der Waals surface area contributed by atoms with Gasteiger partial charge in [0.25, 0.3) is 5.69 Å². The van der Waals surface area contributed by atoms with Gasteiger partial charge in [-0.25, -0.2) is 14.3 Å². The summed E-state index contributed by atoms with van der Waals surface area (Å²) in [7, 11) is 2.66.